The molecule has 0 saturated carbocycles. The maximum absolute atomic E-state index is 2.96. The van der Waals surface area contributed by atoms with Crippen LogP contribution in [0.3, 0.4) is 0 Å². The van der Waals surface area contributed by atoms with Crippen LogP contribution in [0.2, 0.25) is 0 Å². The first-order valence-electron chi connectivity index (χ1n) is 2.32. The molecule has 0 spiro atoms. The van der Waals surface area contributed by atoms with Crippen LogP contribution in [0.15, 0.2) is 24.3 Å². The van der Waals surface area contributed by atoms with Crippen molar-refractivity contribution in [1.82, 2.24) is 0 Å². The van der Waals surface area contributed by atoms with E-state index in [2.05, 4.69) is 19.1 Å². The predicted octanol–water partition coefficient (Wildman–Crippen LogP) is 1.80. The second kappa shape index (κ2) is 1.78. The maximum Gasteiger partial charge on any atom is -0.0860 e. The van der Waals surface area contributed by atoms with Crippen molar-refractivity contribution in [2.75, 3.05) is 0 Å². The van der Waals surface area contributed by atoms with E-state index in [0.717, 1.165) is 0 Å². The maximum atomic E-state index is 2.96. The first-order chi connectivity index (χ1) is 3.39. The van der Waals surface area contributed by atoms with Crippen molar-refractivity contribution in [3.8, 4) is 0 Å². The first-order valence-corrected chi connectivity index (χ1v) is 2.32. The van der Waals surface area contributed by atoms with Gasteiger partial charge >= 0.3 is 0 Å². The summed E-state index contributed by atoms with van der Waals surface area (Å²) in [5.74, 6) is 0. The molecule has 0 N–H and O–H groups in total. The van der Waals surface area contributed by atoms with Crippen LogP contribution in [0.4, 0.5) is 0 Å². The molecule has 0 unspecified atom stereocenters. The molecule has 0 heterocycles. The molecule has 0 aliphatic carbocycles. The second-order valence-electron chi connectivity index (χ2n) is 1.58. The van der Waals surface area contributed by atoms with Gasteiger partial charge in [0.05, 0.1) is 0 Å². The minimum Gasteiger partial charge on any atom is -0.184 e. The Kier molecular flexibility index (Phi) is 1.12. The largest absolute Gasteiger partial charge is 0.184 e. The van der Waals surface area contributed by atoms with Gasteiger partial charge in [-0.25, -0.2) is 0 Å². The monoisotopic (exact) mass is 91.1 g/mol. The Hall–Kier alpha value is -0.780. The van der Waals surface area contributed by atoms with Gasteiger partial charge in [-0.05, 0) is 0 Å². The van der Waals surface area contributed by atoms with Crippen LogP contribution >= 0.6 is 0 Å². The molecule has 7 heavy (non-hydrogen) atoms. The Morgan fingerprint density at radius 3 is 2.71 bits per heavy atom. The highest BCUT2D eigenvalue weighted by Crippen LogP contribution is 1.91. The van der Waals surface area contributed by atoms with Gasteiger partial charge in [-0.2, -0.15) is 35.9 Å². The third-order valence-corrected chi connectivity index (χ3v) is 0.863. The normalized spacial score (nSPS) is 8.71. The molecule has 0 aliphatic heterocycles. The lowest BCUT2D eigenvalue weighted by Crippen LogP contribution is -1.63. The summed E-state index contributed by atoms with van der Waals surface area (Å²) in [5, 5.41) is 0. The summed E-state index contributed by atoms with van der Waals surface area (Å²) in [6.45, 7) is 2.05. The Labute approximate surface area is 43.8 Å². The fourth-order valence-electron chi connectivity index (χ4n) is 0.483. The summed E-state index contributed by atoms with van der Waals surface area (Å²) < 4.78 is 0. The third-order valence-electron chi connectivity index (χ3n) is 0.863. The summed E-state index contributed by atoms with van der Waals surface area (Å²) in [5.41, 5.74) is 1.27. The molecule has 0 saturated heterocycles. The number of hydrogen-bond donors (Lipinski definition) is 0. The first kappa shape index (κ1) is 4.38. The van der Waals surface area contributed by atoms with E-state index in [-0.39, 0.29) is 0 Å². The van der Waals surface area contributed by atoms with Crippen molar-refractivity contribution in [2.45, 2.75) is 6.92 Å². The van der Waals surface area contributed by atoms with Gasteiger partial charge in [0.1, 0.15) is 0 Å². The number of hydrogen-bond acceptors (Lipinski definition) is 0. The highest BCUT2D eigenvalue weighted by Gasteiger charge is 1.61. The Bertz CT molecular complexity index is 130. The predicted molar refractivity (Wildman–Crippen MR) is 30.0 cm³/mol. The third kappa shape index (κ3) is 1.04. The Morgan fingerprint density at radius 1 is 1.57 bits per heavy atom. The molecule has 0 aliphatic rings. The average molecular weight is 91.1 g/mol. The van der Waals surface area contributed by atoms with Gasteiger partial charge in [-0.1, -0.05) is 6.92 Å². The lowest BCUT2D eigenvalue weighted by Gasteiger charge is -1.93. The van der Waals surface area contributed by atoms with Gasteiger partial charge < -0.3 is 0 Å². The van der Waals surface area contributed by atoms with E-state index in [9.17, 15) is 0 Å². The van der Waals surface area contributed by atoms with E-state index >= 15 is 0 Å². The fraction of sp³-hybridized carbons (Fsp3) is 0.143. The van der Waals surface area contributed by atoms with Gasteiger partial charge in [-0.3, -0.25) is 0 Å². The molecule has 0 nitrogen and oxygen atoms in total. The molecule has 0 fully saturated rings. The van der Waals surface area contributed by atoms with Crippen molar-refractivity contribution >= 4 is 0 Å². The lowest BCUT2D eigenvalue weighted by molar-refractivity contribution is 1.47. The summed E-state index contributed by atoms with van der Waals surface area (Å²) in [6, 6.07) is 10.8. The Morgan fingerprint density at radius 2 is 2.43 bits per heavy atom. The van der Waals surface area contributed by atoms with Crippen LogP contribution in [0.25, 0.3) is 0 Å². The number of rotatable bonds is 0. The van der Waals surface area contributed by atoms with Crippen molar-refractivity contribution in [3.63, 3.8) is 0 Å². The zero-order valence-electron chi connectivity index (χ0n) is 4.31. The van der Waals surface area contributed by atoms with Crippen molar-refractivity contribution < 1.29 is 0 Å². The second-order valence-corrected chi connectivity index (χ2v) is 1.58. The van der Waals surface area contributed by atoms with E-state index in [1.807, 2.05) is 18.2 Å². The van der Waals surface area contributed by atoms with Crippen LogP contribution < -0.4 is 0 Å². The van der Waals surface area contributed by atoms with Crippen LogP contribution in [-0.2, 0) is 0 Å². The highest BCUT2D eigenvalue weighted by atomic mass is 13.8. The summed E-state index contributed by atoms with van der Waals surface area (Å²) in [6.07, 6.45) is 0. The molecule has 1 rings (SSSR count). The molecule has 0 aromatic heterocycles. The van der Waals surface area contributed by atoms with Crippen molar-refractivity contribution in [2.24, 2.45) is 0 Å². The van der Waals surface area contributed by atoms with Crippen LogP contribution in [-0.4, -0.2) is 0 Å². The van der Waals surface area contributed by atoms with Gasteiger partial charge in [0.2, 0.25) is 0 Å². The molecule has 0 amide bonds. The van der Waals surface area contributed by atoms with E-state index in [1.54, 1.807) is 0 Å². The van der Waals surface area contributed by atoms with E-state index in [4.69, 9.17) is 0 Å². The van der Waals surface area contributed by atoms with Gasteiger partial charge in [-0.15, -0.1) is 0 Å². The summed E-state index contributed by atoms with van der Waals surface area (Å²) >= 11 is 0. The Balaban J connectivity index is 3.02. The number of aryl methyl sites for hydroxylation is 1. The van der Waals surface area contributed by atoms with E-state index in [1.165, 1.54) is 5.56 Å². The molecule has 36 valence electrons. The molecule has 0 atom stereocenters. The highest BCUT2D eigenvalue weighted by molar-refractivity contribution is 5.10. The summed E-state index contributed by atoms with van der Waals surface area (Å²) in [4.78, 5) is 0. The van der Waals surface area contributed by atoms with Crippen molar-refractivity contribution in [1.29, 1.82) is 0 Å². The average Bonchev–Trinajstić information content (AvgIpc) is 1.69. The van der Waals surface area contributed by atoms with E-state index in [0.29, 0.717) is 0 Å². The topological polar surface area (TPSA) is 0 Å². The zero-order chi connectivity index (χ0) is 5.11. The number of benzene rings is 1. The van der Waals surface area contributed by atoms with Crippen LogP contribution in [0.5, 0.6) is 0 Å². The molecule has 1 aromatic rings. The SMILES string of the molecule is Cc1c[c-]ccc1. The zero-order valence-corrected chi connectivity index (χ0v) is 4.31. The minimum absolute atomic E-state index is 1.27. The van der Waals surface area contributed by atoms with Gasteiger partial charge in [0.25, 0.3) is 0 Å². The fourth-order valence-corrected chi connectivity index (χ4v) is 0.483. The van der Waals surface area contributed by atoms with Crippen molar-refractivity contribution in [3.05, 3.63) is 35.9 Å². The molecule has 0 bridgehead atoms. The van der Waals surface area contributed by atoms with Crippen LogP contribution in [0, 0.1) is 13.0 Å². The summed E-state index contributed by atoms with van der Waals surface area (Å²) in [7, 11) is 0. The van der Waals surface area contributed by atoms with Crippen LogP contribution in [0.1, 0.15) is 5.56 Å². The minimum atomic E-state index is 1.27. The molecule has 0 heteroatoms. The molecule has 1 aromatic carbocycles. The van der Waals surface area contributed by atoms with Gasteiger partial charge in [0.15, 0.2) is 0 Å². The standard InChI is InChI=1S/C7H7/c1-7-5-3-2-4-6-7/h2-3,5-6H,1H3/q-1. The molecular formula is C7H7-. The molecule has 0 radical (unpaired) electrons. The van der Waals surface area contributed by atoms with Gasteiger partial charge in [0, 0.05) is 0 Å². The van der Waals surface area contributed by atoms with E-state index < -0.39 is 0 Å². The quantitative estimate of drug-likeness (QED) is 0.427. The smallest absolute Gasteiger partial charge is 0.0860 e. The molecular weight excluding hydrogens is 84.1 g/mol. The lowest BCUT2D eigenvalue weighted by atomic mass is 10.2.